The Hall–Kier alpha value is -2.59. The van der Waals surface area contributed by atoms with Crippen LogP contribution in [0.4, 0.5) is 11.4 Å². The van der Waals surface area contributed by atoms with Crippen LogP contribution in [0.2, 0.25) is 0 Å². The maximum Gasteiger partial charge on any atom is 0.335 e. The molecule has 0 unspecified atom stereocenters. The van der Waals surface area contributed by atoms with Gasteiger partial charge in [-0.25, -0.2) is 4.79 Å². The predicted octanol–water partition coefficient (Wildman–Crippen LogP) is 4.72. The van der Waals surface area contributed by atoms with Crippen LogP contribution in [-0.2, 0) is 0 Å². The number of halogens is 1. The molecule has 118 valence electrons. The van der Waals surface area contributed by atoms with Gasteiger partial charge < -0.3 is 10.4 Å². The van der Waals surface area contributed by atoms with Crippen molar-refractivity contribution in [2.24, 2.45) is 0 Å². The maximum absolute atomic E-state index is 11.2. The quantitative estimate of drug-likeness (QED) is 0.730. The van der Waals surface area contributed by atoms with E-state index < -0.39 is 5.97 Å². The molecule has 0 saturated heterocycles. The summed E-state index contributed by atoms with van der Waals surface area (Å²) in [5, 5.41) is 13.3. The molecule has 0 amide bonds. The van der Waals surface area contributed by atoms with Gasteiger partial charge in [0, 0.05) is 22.5 Å². The van der Waals surface area contributed by atoms with E-state index in [1.165, 1.54) is 0 Å². The van der Waals surface area contributed by atoms with Crippen molar-refractivity contribution in [3.8, 4) is 0 Å². The number of nitrogens with one attached hydrogen (secondary N) is 1. The molecule has 0 fully saturated rings. The standard InChI is InChI=1S/C18H16N2O2.ClH/c1-11-4-3-5-14(8-11)20-17-9-12(2)19-16-7-6-13(18(21)22)10-15(16)17;/h3-10H,1-2H3,(H,19,20)(H,21,22);1H. The first-order valence-electron chi connectivity index (χ1n) is 7.01. The molecule has 2 aromatic carbocycles. The zero-order chi connectivity index (χ0) is 15.7. The Kier molecular flexibility index (Phi) is 4.86. The van der Waals surface area contributed by atoms with Gasteiger partial charge in [0.2, 0.25) is 0 Å². The second-order valence-electron chi connectivity index (χ2n) is 5.34. The SMILES string of the molecule is Cc1cccc(Nc2cc(C)nc3ccc(C(=O)O)cc23)c1.Cl. The fraction of sp³-hybridized carbons (Fsp3) is 0.111. The molecular weight excluding hydrogens is 312 g/mol. The van der Waals surface area contributed by atoms with Gasteiger partial charge in [0.15, 0.2) is 0 Å². The number of rotatable bonds is 3. The average Bonchev–Trinajstić information content (AvgIpc) is 2.46. The summed E-state index contributed by atoms with van der Waals surface area (Å²) in [6.07, 6.45) is 0. The summed E-state index contributed by atoms with van der Waals surface area (Å²) in [6, 6.07) is 14.9. The van der Waals surface area contributed by atoms with Crippen molar-refractivity contribution in [2.45, 2.75) is 13.8 Å². The van der Waals surface area contributed by atoms with Crippen LogP contribution >= 0.6 is 12.4 Å². The van der Waals surface area contributed by atoms with Crippen LogP contribution in [0.1, 0.15) is 21.6 Å². The summed E-state index contributed by atoms with van der Waals surface area (Å²) in [5.41, 5.74) is 4.89. The zero-order valence-corrected chi connectivity index (χ0v) is 13.6. The van der Waals surface area contributed by atoms with Crippen molar-refractivity contribution in [3.05, 3.63) is 65.4 Å². The number of anilines is 2. The molecule has 0 aliphatic carbocycles. The highest BCUT2D eigenvalue weighted by atomic mass is 35.5. The number of aryl methyl sites for hydroxylation is 2. The van der Waals surface area contributed by atoms with E-state index in [0.29, 0.717) is 0 Å². The molecule has 0 aliphatic heterocycles. The number of aromatic nitrogens is 1. The average molecular weight is 329 g/mol. The van der Waals surface area contributed by atoms with Crippen molar-refractivity contribution >= 4 is 40.7 Å². The number of carbonyl (C=O) groups is 1. The molecule has 0 radical (unpaired) electrons. The van der Waals surface area contributed by atoms with E-state index in [0.717, 1.165) is 33.5 Å². The minimum atomic E-state index is -0.941. The van der Waals surface area contributed by atoms with E-state index in [2.05, 4.69) is 10.3 Å². The predicted molar refractivity (Wildman–Crippen MR) is 95.1 cm³/mol. The lowest BCUT2D eigenvalue weighted by atomic mass is 10.1. The van der Waals surface area contributed by atoms with Gasteiger partial charge in [-0.1, -0.05) is 12.1 Å². The van der Waals surface area contributed by atoms with E-state index in [9.17, 15) is 9.90 Å². The van der Waals surface area contributed by atoms with E-state index in [-0.39, 0.29) is 18.0 Å². The van der Waals surface area contributed by atoms with E-state index in [4.69, 9.17) is 0 Å². The van der Waals surface area contributed by atoms with Crippen LogP contribution in [0, 0.1) is 13.8 Å². The molecule has 0 bridgehead atoms. The number of pyridine rings is 1. The maximum atomic E-state index is 11.2. The molecule has 0 atom stereocenters. The second-order valence-corrected chi connectivity index (χ2v) is 5.34. The van der Waals surface area contributed by atoms with Gasteiger partial charge in [-0.15, -0.1) is 12.4 Å². The van der Waals surface area contributed by atoms with Gasteiger partial charge in [-0.2, -0.15) is 0 Å². The number of carboxylic acid groups (broad SMARTS) is 1. The first kappa shape index (κ1) is 16.8. The van der Waals surface area contributed by atoms with Gasteiger partial charge in [0.25, 0.3) is 0 Å². The molecule has 4 nitrogen and oxygen atoms in total. The molecule has 1 heterocycles. The lowest BCUT2D eigenvalue weighted by Gasteiger charge is -2.12. The van der Waals surface area contributed by atoms with Crippen molar-refractivity contribution in [1.82, 2.24) is 4.98 Å². The van der Waals surface area contributed by atoms with Crippen LogP contribution < -0.4 is 5.32 Å². The Balaban J connectivity index is 0.00000192. The molecule has 1 aromatic heterocycles. The molecule has 5 heteroatoms. The van der Waals surface area contributed by atoms with Crippen LogP contribution in [-0.4, -0.2) is 16.1 Å². The Bertz CT molecular complexity index is 878. The molecular formula is C18H17ClN2O2. The number of hydrogen-bond donors (Lipinski definition) is 2. The summed E-state index contributed by atoms with van der Waals surface area (Å²) in [6.45, 7) is 3.95. The Morgan fingerprint density at radius 3 is 2.57 bits per heavy atom. The van der Waals surface area contributed by atoms with Crippen LogP contribution in [0.5, 0.6) is 0 Å². The summed E-state index contributed by atoms with van der Waals surface area (Å²) < 4.78 is 0. The van der Waals surface area contributed by atoms with Crippen molar-refractivity contribution < 1.29 is 9.90 Å². The third-order valence-electron chi connectivity index (χ3n) is 3.48. The third kappa shape index (κ3) is 3.60. The van der Waals surface area contributed by atoms with Gasteiger partial charge in [-0.05, 0) is 55.8 Å². The lowest BCUT2D eigenvalue weighted by Crippen LogP contribution is -1.99. The lowest BCUT2D eigenvalue weighted by molar-refractivity contribution is 0.0697. The molecule has 2 N–H and O–H groups in total. The first-order chi connectivity index (χ1) is 10.5. The Labute approximate surface area is 140 Å². The molecule has 0 saturated carbocycles. The van der Waals surface area contributed by atoms with Gasteiger partial charge >= 0.3 is 5.97 Å². The molecule has 3 rings (SSSR count). The first-order valence-corrected chi connectivity index (χ1v) is 7.01. The molecule has 0 spiro atoms. The topological polar surface area (TPSA) is 62.2 Å². The van der Waals surface area contributed by atoms with Crippen molar-refractivity contribution in [1.29, 1.82) is 0 Å². The second kappa shape index (κ2) is 6.67. The third-order valence-corrected chi connectivity index (χ3v) is 3.48. The van der Waals surface area contributed by atoms with E-state index in [1.807, 2.05) is 44.2 Å². The summed E-state index contributed by atoms with van der Waals surface area (Å²) in [4.78, 5) is 15.6. The fourth-order valence-corrected chi connectivity index (χ4v) is 2.47. The summed E-state index contributed by atoms with van der Waals surface area (Å²) in [7, 11) is 0. The van der Waals surface area contributed by atoms with Gasteiger partial charge in [0.1, 0.15) is 0 Å². The summed E-state index contributed by atoms with van der Waals surface area (Å²) >= 11 is 0. The van der Waals surface area contributed by atoms with Crippen molar-refractivity contribution in [2.75, 3.05) is 5.32 Å². The monoisotopic (exact) mass is 328 g/mol. The fourth-order valence-electron chi connectivity index (χ4n) is 2.47. The highest BCUT2D eigenvalue weighted by Crippen LogP contribution is 2.27. The minimum absolute atomic E-state index is 0. The minimum Gasteiger partial charge on any atom is -0.478 e. The van der Waals surface area contributed by atoms with Crippen molar-refractivity contribution in [3.63, 3.8) is 0 Å². The van der Waals surface area contributed by atoms with Crippen LogP contribution in [0.15, 0.2) is 48.5 Å². The number of hydrogen-bond acceptors (Lipinski definition) is 3. The highest BCUT2D eigenvalue weighted by Gasteiger charge is 2.09. The van der Waals surface area contributed by atoms with Crippen LogP contribution in [0.25, 0.3) is 10.9 Å². The zero-order valence-electron chi connectivity index (χ0n) is 12.8. The molecule has 0 aliphatic rings. The number of benzene rings is 2. The van der Waals surface area contributed by atoms with E-state index in [1.54, 1.807) is 18.2 Å². The van der Waals surface area contributed by atoms with Crippen LogP contribution in [0.3, 0.4) is 0 Å². The van der Waals surface area contributed by atoms with E-state index >= 15 is 0 Å². The largest absolute Gasteiger partial charge is 0.478 e. The Morgan fingerprint density at radius 2 is 1.87 bits per heavy atom. The highest BCUT2D eigenvalue weighted by molar-refractivity contribution is 5.99. The normalized spacial score (nSPS) is 10.2. The molecule has 3 aromatic rings. The molecule has 23 heavy (non-hydrogen) atoms. The van der Waals surface area contributed by atoms with Gasteiger partial charge in [-0.3, -0.25) is 4.98 Å². The number of carboxylic acids is 1. The van der Waals surface area contributed by atoms with Gasteiger partial charge in [0.05, 0.1) is 11.1 Å². The smallest absolute Gasteiger partial charge is 0.335 e. The number of aromatic carboxylic acids is 1. The number of fused-ring (bicyclic) bond motifs is 1. The Morgan fingerprint density at radius 1 is 1.09 bits per heavy atom. The number of nitrogens with zero attached hydrogens (tertiary/aromatic N) is 1. The summed E-state index contributed by atoms with van der Waals surface area (Å²) in [5.74, 6) is -0.941.